The van der Waals surface area contributed by atoms with Crippen molar-refractivity contribution in [2.45, 2.75) is 82.1 Å². The van der Waals surface area contributed by atoms with Gasteiger partial charge in [-0.25, -0.2) is 9.59 Å². The zero-order chi connectivity index (χ0) is 29.5. The Kier molecular flexibility index (Phi) is 6.52. The van der Waals surface area contributed by atoms with E-state index >= 15 is 0 Å². The highest BCUT2D eigenvalue weighted by atomic mass is 16.6. The second-order valence-corrected chi connectivity index (χ2v) is 12.2. The third-order valence-electron chi connectivity index (χ3n) is 9.89. The first-order chi connectivity index (χ1) is 18.6. The van der Waals surface area contributed by atoms with Crippen molar-refractivity contribution < 1.29 is 54.1 Å². The van der Waals surface area contributed by atoms with E-state index in [4.69, 9.17) is 14.2 Å². The SMILES string of the molecule is CC(=O)O[C@H]1C[C@H](O)[C@@]23COC(=O)[C@]2(O)C2=C(C)CC[C@@]2(C(C)(C)O)[C@@H](O)[C@@H]3[C@]1(O)COC(=O)c1ccccc1. The van der Waals surface area contributed by atoms with Gasteiger partial charge in [0.05, 0.1) is 28.8 Å². The van der Waals surface area contributed by atoms with E-state index in [2.05, 4.69) is 0 Å². The van der Waals surface area contributed by atoms with Crippen molar-refractivity contribution >= 4 is 17.9 Å². The molecular formula is C29H36O11. The van der Waals surface area contributed by atoms with Crippen LogP contribution >= 0.6 is 0 Å². The average Bonchev–Trinajstić information content (AvgIpc) is 3.38. The summed E-state index contributed by atoms with van der Waals surface area (Å²) in [5.41, 5.74) is -9.62. The fraction of sp³-hybridized carbons (Fsp3) is 0.621. The predicted molar refractivity (Wildman–Crippen MR) is 136 cm³/mol. The van der Waals surface area contributed by atoms with Crippen LogP contribution < -0.4 is 0 Å². The minimum Gasteiger partial charge on any atom is -0.462 e. The average molecular weight is 561 g/mol. The van der Waals surface area contributed by atoms with E-state index in [0.29, 0.717) is 12.0 Å². The lowest BCUT2D eigenvalue weighted by molar-refractivity contribution is -0.317. The van der Waals surface area contributed by atoms with Crippen molar-refractivity contribution in [1.29, 1.82) is 0 Å². The van der Waals surface area contributed by atoms with Gasteiger partial charge in [0.25, 0.3) is 0 Å². The molecule has 218 valence electrons. The zero-order valence-electron chi connectivity index (χ0n) is 22.9. The molecule has 0 unspecified atom stereocenters. The normalized spacial score (nSPS) is 40.6. The third-order valence-corrected chi connectivity index (χ3v) is 9.89. The molecule has 1 spiro atoms. The zero-order valence-corrected chi connectivity index (χ0v) is 22.9. The van der Waals surface area contributed by atoms with E-state index in [9.17, 15) is 39.9 Å². The summed E-state index contributed by atoms with van der Waals surface area (Å²) >= 11 is 0. The van der Waals surface area contributed by atoms with Crippen molar-refractivity contribution in [2.75, 3.05) is 13.2 Å². The first-order valence-corrected chi connectivity index (χ1v) is 13.4. The Balaban J connectivity index is 1.73. The summed E-state index contributed by atoms with van der Waals surface area (Å²) < 4.78 is 16.3. The molecule has 1 saturated heterocycles. The number of cyclic esters (lactones) is 1. The Bertz CT molecular complexity index is 1270. The number of fused-ring (bicyclic) bond motifs is 2. The van der Waals surface area contributed by atoms with E-state index in [-0.39, 0.29) is 17.6 Å². The van der Waals surface area contributed by atoms with Crippen LogP contribution in [0.15, 0.2) is 41.5 Å². The van der Waals surface area contributed by atoms with Gasteiger partial charge in [-0.15, -0.1) is 0 Å². The fourth-order valence-corrected chi connectivity index (χ4v) is 8.17. The Morgan fingerprint density at radius 1 is 1.15 bits per heavy atom. The van der Waals surface area contributed by atoms with Crippen LogP contribution in [0.25, 0.3) is 0 Å². The van der Waals surface area contributed by atoms with Crippen LogP contribution in [-0.2, 0) is 23.8 Å². The molecule has 4 aliphatic rings. The van der Waals surface area contributed by atoms with Crippen LogP contribution in [0.3, 0.4) is 0 Å². The van der Waals surface area contributed by atoms with Gasteiger partial charge in [-0.1, -0.05) is 23.8 Å². The van der Waals surface area contributed by atoms with Crippen LogP contribution in [0.5, 0.6) is 0 Å². The standard InChI is InChI=1S/C29H36O11/c1-15-10-11-26(25(3,4)35)20(15)29(37)24(34)39-13-27(29)18(31)12-19(40-16(2)30)28(36,21(27)22(26)32)14-38-23(33)17-8-6-5-7-9-17/h5-9,18-19,21-22,31-32,35-37H,10-14H2,1-4H3/t18-,19-,21-,22-,26-,27+,28-,29+/m0/s1. The quantitative estimate of drug-likeness (QED) is 0.191. The van der Waals surface area contributed by atoms with Crippen LogP contribution in [0, 0.1) is 16.7 Å². The number of carbonyl (C=O) groups excluding carboxylic acids is 3. The molecule has 0 bridgehead atoms. The van der Waals surface area contributed by atoms with Gasteiger partial charge in [0.2, 0.25) is 0 Å². The molecule has 3 aliphatic carbocycles. The number of esters is 3. The lowest BCUT2D eigenvalue weighted by Crippen LogP contribution is -2.82. The number of carbonyl (C=O) groups is 3. The molecule has 8 atom stereocenters. The number of allylic oxidation sites excluding steroid dienone is 1. The molecule has 0 radical (unpaired) electrons. The van der Waals surface area contributed by atoms with Gasteiger partial charge < -0.3 is 39.7 Å². The second-order valence-electron chi connectivity index (χ2n) is 12.2. The first kappa shape index (κ1) is 28.7. The molecule has 5 rings (SSSR count). The minimum absolute atomic E-state index is 0.0624. The highest BCUT2D eigenvalue weighted by molar-refractivity contribution is 5.90. The first-order valence-electron chi connectivity index (χ1n) is 13.4. The maximum Gasteiger partial charge on any atom is 0.343 e. The number of aliphatic hydroxyl groups excluding tert-OH is 2. The van der Waals surface area contributed by atoms with Crippen molar-refractivity contribution in [3.8, 4) is 0 Å². The third kappa shape index (κ3) is 3.45. The van der Waals surface area contributed by atoms with Gasteiger partial charge in [0, 0.05) is 24.7 Å². The summed E-state index contributed by atoms with van der Waals surface area (Å²) in [7, 11) is 0. The van der Waals surface area contributed by atoms with Crippen molar-refractivity contribution in [2.24, 2.45) is 16.7 Å². The Hall–Kier alpha value is -2.83. The summed E-state index contributed by atoms with van der Waals surface area (Å²) in [6.45, 7) is 4.25. The van der Waals surface area contributed by atoms with Gasteiger partial charge in [-0.3, -0.25) is 4.79 Å². The van der Waals surface area contributed by atoms with Gasteiger partial charge in [0.15, 0.2) is 5.60 Å². The van der Waals surface area contributed by atoms with Crippen LogP contribution in [0.4, 0.5) is 0 Å². The maximum absolute atomic E-state index is 13.5. The summed E-state index contributed by atoms with van der Waals surface area (Å²) in [4.78, 5) is 38.5. The van der Waals surface area contributed by atoms with Crippen molar-refractivity contribution in [3.63, 3.8) is 0 Å². The largest absolute Gasteiger partial charge is 0.462 e. The van der Waals surface area contributed by atoms with Gasteiger partial charge in [-0.05, 0) is 51.3 Å². The molecule has 1 aromatic rings. The highest BCUT2D eigenvalue weighted by Gasteiger charge is 2.85. The highest BCUT2D eigenvalue weighted by Crippen LogP contribution is 2.72. The fourth-order valence-electron chi connectivity index (χ4n) is 8.17. The van der Waals surface area contributed by atoms with Gasteiger partial charge in [-0.2, -0.15) is 0 Å². The minimum atomic E-state index is -2.55. The molecule has 2 saturated carbocycles. The molecule has 1 aliphatic heterocycles. The molecule has 11 heteroatoms. The molecule has 0 amide bonds. The van der Waals surface area contributed by atoms with Crippen LogP contribution in [-0.4, -0.2) is 91.8 Å². The molecule has 5 N–H and O–H groups in total. The van der Waals surface area contributed by atoms with Gasteiger partial charge in [0.1, 0.15) is 24.9 Å². The molecule has 40 heavy (non-hydrogen) atoms. The predicted octanol–water partition coefficient (Wildman–Crippen LogP) is 0.403. The van der Waals surface area contributed by atoms with Crippen LogP contribution in [0.2, 0.25) is 0 Å². The maximum atomic E-state index is 13.5. The lowest BCUT2D eigenvalue weighted by Gasteiger charge is -2.67. The molecule has 0 aromatic heterocycles. The molecular weight excluding hydrogens is 524 g/mol. The van der Waals surface area contributed by atoms with E-state index in [1.807, 2.05) is 0 Å². The summed E-state index contributed by atoms with van der Waals surface area (Å²) in [5.74, 6) is -4.36. The summed E-state index contributed by atoms with van der Waals surface area (Å²) in [6.07, 6.45) is -4.87. The summed E-state index contributed by atoms with van der Waals surface area (Å²) in [6, 6.07) is 7.95. The van der Waals surface area contributed by atoms with E-state index in [1.54, 1.807) is 25.1 Å². The second kappa shape index (κ2) is 9.09. The Labute approximate surface area is 231 Å². The molecule has 3 fully saturated rings. The number of benzene rings is 1. The van der Waals surface area contributed by atoms with E-state index in [0.717, 1.165) is 6.92 Å². The molecule has 1 heterocycles. The molecule has 1 aromatic carbocycles. The Morgan fingerprint density at radius 2 is 1.80 bits per heavy atom. The van der Waals surface area contributed by atoms with E-state index in [1.165, 1.54) is 26.0 Å². The van der Waals surface area contributed by atoms with E-state index < -0.39 is 89.4 Å². The number of aliphatic hydroxyl groups is 5. The topological polar surface area (TPSA) is 180 Å². The summed E-state index contributed by atoms with van der Waals surface area (Å²) in [5, 5.41) is 60.4. The Morgan fingerprint density at radius 3 is 2.40 bits per heavy atom. The van der Waals surface area contributed by atoms with Crippen LogP contribution in [0.1, 0.15) is 57.3 Å². The smallest absolute Gasteiger partial charge is 0.343 e. The number of hydrogen-bond donors (Lipinski definition) is 5. The number of rotatable bonds is 5. The molecule has 11 nitrogen and oxygen atoms in total. The van der Waals surface area contributed by atoms with Gasteiger partial charge >= 0.3 is 17.9 Å². The van der Waals surface area contributed by atoms with Crippen molar-refractivity contribution in [1.82, 2.24) is 0 Å². The number of ether oxygens (including phenoxy) is 3. The number of hydrogen-bond acceptors (Lipinski definition) is 11. The van der Waals surface area contributed by atoms with Crippen molar-refractivity contribution in [3.05, 3.63) is 47.0 Å². The monoisotopic (exact) mass is 560 g/mol. The lowest BCUT2D eigenvalue weighted by atomic mass is 9.39.